The number of allylic oxidation sites excluding steroid dienone is 4. The molecule has 2 nitrogen and oxygen atoms in total. The highest BCUT2D eigenvalue weighted by Crippen LogP contribution is 2.06. The van der Waals surface area contributed by atoms with Gasteiger partial charge in [-0.15, -0.1) is 0 Å². The summed E-state index contributed by atoms with van der Waals surface area (Å²) in [5.74, 6) is -0.695. The Labute approximate surface area is 125 Å². The summed E-state index contributed by atoms with van der Waals surface area (Å²) in [6.45, 7) is 2.25. The second-order valence-electron chi connectivity index (χ2n) is 5.36. The number of hydrogen-bond donors (Lipinski definition) is 1. The zero-order valence-corrected chi connectivity index (χ0v) is 13.2. The highest BCUT2D eigenvalue weighted by molar-refractivity contribution is 5.66. The summed E-state index contributed by atoms with van der Waals surface area (Å²) in [5, 5.41) is 8.49. The van der Waals surface area contributed by atoms with Crippen molar-refractivity contribution >= 4 is 5.97 Å². The molecule has 0 unspecified atom stereocenters. The Balaban J connectivity index is 3.17. The largest absolute Gasteiger partial charge is 0.481 e. The van der Waals surface area contributed by atoms with Gasteiger partial charge in [-0.1, -0.05) is 50.5 Å². The van der Waals surface area contributed by atoms with Crippen LogP contribution in [0.5, 0.6) is 0 Å². The van der Waals surface area contributed by atoms with E-state index in [0.717, 1.165) is 19.3 Å². The van der Waals surface area contributed by atoms with Gasteiger partial charge in [0, 0.05) is 6.42 Å². The van der Waals surface area contributed by atoms with Crippen LogP contribution in [0.4, 0.5) is 0 Å². The minimum absolute atomic E-state index is 0.285. The molecule has 0 rings (SSSR count). The lowest BCUT2D eigenvalue weighted by atomic mass is 10.1. The Morgan fingerprint density at radius 3 is 1.65 bits per heavy atom. The summed E-state index contributed by atoms with van der Waals surface area (Å²) in [6.07, 6.45) is 22.3. The normalized spacial score (nSPS) is 11.7. The second-order valence-corrected chi connectivity index (χ2v) is 5.36. The lowest BCUT2D eigenvalue weighted by Crippen LogP contribution is -1.92. The molecular formula is C18H32O2. The molecule has 0 atom stereocenters. The molecule has 0 fully saturated rings. The van der Waals surface area contributed by atoms with Crippen molar-refractivity contribution < 1.29 is 9.90 Å². The molecule has 0 bridgehead atoms. The van der Waals surface area contributed by atoms with Gasteiger partial charge >= 0.3 is 5.97 Å². The average Bonchev–Trinajstić information content (AvgIpc) is 2.43. The Hall–Kier alpha value is -1.05. The van der Waals surface area contributed by atoms with Gasteiger partial charge in [0.25, 0.3) is 0 Å². The van der Waals surface area contributed by atoms with E-state index >= 15 is 0 Å². The van der Waals surface area contributed by atoms with Gasteiger partial charge in [0.1, 0.15) is 0 Å². The van der Waals surface area contributed by atoms with Crippen molar-refractivity contribution in [1.82, 2.24) is 0 Å². The van der Waals surface area contributed by atoms with Gasteiger partial charge < -0.3 is 5.11 Å². The molecule has 0 radical (unpaired) electrons. The molecule has 0 aliphatic carbocycles. The van der Waals surface area contributed by atoms with E-state index in [0.29, 0.717) is 0 Å². The molecular weight excluding hydrogens is 248 g/mol. The maximum absolute atomic E-state index is 10.3. The van der Waals surface area contributed by atoms with Crippen molar-refractivity contribution in [1.29, 1.82) is 0 Å². The number of carbonyl (C=O) groups is 1. The number of rotatable bonds is 14. The van der Waals surface area contributed by atoms with Gasteiger partial charge in [0.2, 0.25) is 0 Å². The minimum Gasteiger partial charge on any atom is -0.481 e. The average molecular weight is 280 g/mol. The van der Waals surface area contributed by atoms with Crippen molar-refractivity contribution in [2.75, 3.05) is 0 Å². The molecule has 0 aliphatic heterocycles. The number of hydrogen-bond acceptors (Lipinski definition) is 1. The molecule has 20 heavy (non-hydrogen) atoms. The first-order valence-corrected chi connectivity index (χ1v) is 8.29. The summed E-state index contributed by atoms with van der Waals surface area (Å²) in [5.41, 5.74) is 0. The maximum atomic E-state index is 10.3. The van der Waals surface area contributed by atoms with Crippen molar-refractivity contribution in [2.45, 2.75) is 84.0 Å². The molecule has 2 heteroatoms. The van der Waals surface area contributed by atoms with Crippen molar-refractivity contribution in [3.63, 3.8) is 0 Å². The number of unbranched alkanes of at least 4 members (excludes halogenated alkanes) is 8. The summed E-state index contributed by atoms with van der Waals surface area (Å²) in [6, 6.07) is 0. The van der Waals surface area contributed by atoms with Crippen LogP contribution in [-0.2, 0) is 4.79 Å². The molecule has 116 valence electrons. The quantitative estimate of drug-likeness (QED) is 0.318. The van der Waals surface area contributed by atoms with E-state index in [1.54, 1.807) is 0 Å². The Bertz CT molecular complexity index is 267. The van der Waals surface area contributed by atoms with Crippen LogP contribution in [-0.4, -0.2) is 11.1 Å². The standard InChI is InChI=1S/C18H32O2/c1-2-3-4-5-6-7-8-9-10-11-12-13-14-15-16-17-18(19)20/h7-8,13-14H,2-6,9-12,15-17H2,1H3,(H,19,20)/b8-7-,14-13-. The topological polar surface area (TPSA) is 37.3 Å². The highest BCUT2D eigenvalue weighted by Gasteiger charge is 1.93. The lowest BCUT2D eigenvalue weighted by Gasteiger charge is -1.95. The maximum Gasteiger partial charge on any atom is 0.303 e. The van der Waals surface area contributed by atoms with Crippen LogP contribution >= 0.6 is 0 Å². The first-order chi connectivity index (χ1) is 9.77. The predicted octanol–water partition coefficient (Wildman–Crippen LogP) is 5.88. The first-order valence-electron chi connectivity index (χ1n) is 8.29. The monoisotopic (exact) mass is 280 g/mol. The van der Waals surface area contributed by atoms with Crippen molar-refractivity contribution in [3.05, 3.63) is 24.3 Å². The van der Waals surface area contributed by atoms with Crippen LogP contribution in [0.3, 0.4) is 0 Å². The van der Waals surface area contributed by atoms with Gasteiger partial charge in [-0.05, 0) is 51.4 Å². The van der Waals surface area contributed by atoms with Crippen LogP contribution in [0.2, 0.25) is 0 Å². The molecule has 0 aromatic rings. The summed E-state index contributed by atoms with van der Waals surface area (Å²) >= 11 is 0. The summed E-state index contributed by atoms with van der Waals surface area (Å²) in [4.78, 5) is 10.3. The van der Waals surface area contributed by atoms with Crippen LogP contribution in [0.25, 0.3) is 0 Å². The third-order valence-corrected chi connectivity index (χ3v) is 3.31. The van der Waals surface area contributed by atoms with Crippen LogP contribution in [0.15, 0.2) is 24.3 Å². The third kappa shape index (κ3) is 16.9. The third-order valence-electron chi connectivity index (χ3n) is 3.31. The molecule has 0 aliphatic rings. The molecule has 0 aromatic carbocycles. The fraction of sp³-hybridized carbons (Fsp3) is 0.722. The molecule has 0 saturated carbocycles. The lowest BCUT2D eigenvalue weighted by molar-refractivity contribution is -0.137. The van der Waals surface area contributed by atoms with Crippen LogP contribution in [0, 0.1) is 0 Å². The molecule has 1 N–H and O–H groups in total. The zero-order valence-electron chi connectivity index (χ0n) is 13.2. The van der Waals surface area contributed by atoms with Gasteiger partial charge in [0.05, 0.1) is 0 Å². The number of carboxylic acid groups (broad SMARTS) is 1. The van der Waals surface area contributed by atoms with E-state index in [2.05, 4.69) is 31.2 Å². The Morgan fingerprint density at radius 1 is 0.750 bits per heavy atom. The molecule has 0 spiro atoms. The van der Waals surface area contributed by atoms with E-state index in [4.69, 9.17) is 5.11 Å². The minimum atomic E-state index is -0.695. The van der Waals surface area contributed by atoms with Crippen LogP contribution in [0.1, 0.15) is 84.0 Å². The van der Waals surface area contributed by atoms with E-state index in [1.807, 2.05) is 0 Å². The van der Waals surface area contributed by atoms with Crippen molar-refractivity contribution in [3.8, 4) is 0 Å². The summed E-state index contributed by atoms with van der Waals surface area (Å²) in [7, 11) is 0. The van der Waals surface area contributed by atoms with Crippen molar-refractivity contribution in [2.24, 2.45) is 0 Å². The first kappa shape index (κ1) is 18.9. The summed E-state index contributed by atoms with van der Waals surface area (Å²) < 4.78 is 0. The SMILES string of the molecule is CCCCCC/C=C\CCCC/C=C\CCCC(=O)O. The van der Waals surface area contributed by atoms with E-state index in [-0.39, 0.29) is 6.42 Å². The zero-order chi connectivity index (χ0) is 14.9. The predicted molar refractivity (Wildman–Crippen MR) is 87.0 cm³/mol. The number of carboxylic acids is 1. The smallest absolute Gasteiger partial charge is 0.303 e. The fourth-order valence-corrected chi connectivity index (χ4v) is 2.06. The fourth-order valence-electron chi connectivity index (χ4n) is 2.06. The van der Waals surface area contributed by atoms with E-state index in [1.165, 1.54) is 51.4 Å². The van der Waals surface area contributed by atoms with Gasteiger partial charge in [0.15, 0.2) is 0 Å². The Morgan fingerprint density at radius 2 is 1.20 bits per heavy atom. The van der Waals surface area contributed by atoms with E-state index < -0.39 is 5.97 Å². The Kier molecular flexibility index (Phi) is 15.2. The van der Waals surface area contributed by atoms with Crippen LogP contribution < -0.4 is 0 Å². The number of aliphatic carboxylic acids is 1. The molecule has 0 amide bonds. The van der Waals surface area contributed by atoms with Gasteiger partial charge in [-0.2, -0.15) is 0 Å². The molecule has 0 heterocycles. The molecule has 0 aromatic heterocycles. The van der Waals surface area contributed by atoms with Gasteiger partial charge in [-0.25, -0.2) is 0 Å². The van der Waals surface area contributed by atoms with E-state index in [9.17, 15) is 4.79 Å². The molecule has 0 saturated heterocycles. The second kappa shape index (κ2) is 16.0. The highest BCUT2D eigenvalue weighted by atomic mass is 16.4. The van der Waals surface area contributed by atoms with Gasteiger partial charge in [-0.3, -0.25) is 4.79 Å².